The summed E-state index contributed by atoms with van der Waals surface area (Å²) in [7, 11) is 0. The number of nitrogens with two attached hydrogens (primary N) is 1. The summed E-state index contributed by atoms with van der Waals surface area (Å²) in [5.74, 6) is 8.33. The average Bonchev–Trinajstić information content (AvgIpc) is 2.45. The van der Waals surface area contributed by atoms with Crippen LogP contribution in [0.25, 0.3) is 0 Å². The zero-order valence-corrected chi connectivity index (χ0v) is 14.4. The summed E-state index contributed by atoms with van der Waals surface area (Å²) in [5, 5.41) is 0. The van der Waals surface area contributed by atoms with E-state index in [1.165, 1.54) is 47.9 Å². The normalized spacial score (nSPS) is 24.3. The molecule has 0 amide bonds. The summed E-state index contributed by atoms with van der Waals surface area (Å²) >= 11 is 0. The molecule has 1 atom stereocenters. The topological polar surface area (TPSA) is 38.0 Å². The van der Waals surface area contributed by atoms with Crippen LogP contribution >= 0.6 is 0 Å². The summed E-state index contributed by atoms with van der Waals surface area (Å²) in [6, 6.07) is 4.94. The number of aryl methyl sites for hydroxylation is 3. The van der Waals surface area contributed by atoms with E-state index in [0.29, 0.717) is 12.0 Å². The van der Waals surface area contributed by atoms with Crippen molar-refractivity contribution in [2.24, 2.45) is 23.6 Å². The Morgan fingerprint density at radius 2 is 1.43 bits per heavy atom. The molecule has 0 bridgehead atoms. The Kier molecular flexibility index (Phi) is 5.45. The van der Waals surface area contributed by atoms with Crippen LogP contribution in [0.5, 0.6) is 0 Å². The van der Waals surface area contributed by atoms with Crippen LogP contribution in [0.3, 0.4) is 0 Å². The van der Waals surface area contributed by atoms with Gasteiger partial charge < -0.3 is 0 Å². The van der Waals surface area contributed by atoms with Gasteiger partial charge in [0.2, 0.25) is 0 Å². The lowest BCUT2D eigenvalue weighted by Gasteiger charge is -2.36. The Balaban J connectivity index is 2.16. The van der Waals surface area contributed by atoms with E-state index in [4.69, 9.17) is 5.84 Å². The van der Waals surface area contributed by atoms with Crippen molar-refractivity contribution in [3.8, 4) is 0 Å². The van der Waals surface area contributed by atoms with Crippen LogP contribution in [0.15, 0.2) is 12.1 Å². The van der Waals surface area contributed by atoms with Crippen LogP contribution in [-0.4, -0.2) is 0 Å². The molecular weight excluding hydrogens is 256 g/mol. The van der Waals surface area contributed by atoms with Crippen molar-refractivity contribution in [2.75, 3.05) is 0 Å². The van der Waals surface area contributed by atoms with E-state index in [2.05, 4.69) is 52.2 Å². The molecule has 0 heterocycles. The van der Waals surface area contributed by atoms with Gasteiger partial charge in [-0.15, -0.1) is 0 Å². The summed E-state index contributed by atoms with van der Waals surface area (Å²) < 4.78 is 0. The van der Waals surface area contributed by atoms with E-state index >= 15 is 0 Å². The van der Waals surface area contributed by atoms with Crippen LogP contribution in [0.1, 0.15) is 67.8 Å². The maximum atomic E-state index is 5.94. The third-order valence-electron chi connectivity index (χ3n) is 5.63. The van der Waals surface area contributed by atoms with Gasteiger partial charge in [0, 0.05) is 6.04 Å². The molecule has 0 aliphatic heterocycles. The van der Waals surface area contributed by atoms with Crippen molar-refractivity contribution in [1.82, 2.24) is 5.43 Å². The Morgan fingerprint density at radius 3 is 1.95 bits per heavy atom. The SMILES string of the molecule is Cc1cc(C)c(C(NN)C2CCC(C(C)C)CC2)cc1C. The van der Waals surface area contributed by atoms with Crippen LogP contribution in [0, 0.1) is 38.5 Å². The number of hydrazine groups is 1. The monoisotopic (exact) mass is 288 g/mol. The van der Waals surface area contributed by atoms with Gasteiger partial charge in [-0.2, -0.15) is 0 Å². The maximum absolute atomic E-state index is 5.94. The van der Waals surface area contributed by atoms with Crippen molar-refractivity contribution in [2.45, 2.75) is 66.3 Å². The van der Waals surface area contributed by atoms with Gasteiger partial charge in [0.25, 0.3) is 0 Å². The van der Waals surface area contributed by atoms with Gasteiger partial charge in [0.05, 0.1) is 0 Å². The first-order chi connectivity index (χ1) is 9.93. The van der Waals surface area contributed by atoms with E-state index in [1.54, 1.807) is 0 Å². The van der Waals surface area contributed by atoms with Crippen LogP contribution in [0.4, 0.5) is 0 Å². The van der Waals surface area contributed by atoms with E-state index < -0.39 is 0 Å². The Morgan fingerprint density at radius 1 is 0.905 bits per heavy atom. The molecule has 2 nitrogen and oxygen atoms in total. The molecule has 1 aromatic carbocycles. The quantitative estimate of drug-likeness (QED) is 0.628. The van der Waals surface area contributed by atoms with Crippen molar-refractivity contribution in [1.29, 1.82) is 0 Å². The highest BCUT2D eigenvalue weighted by Gasteiger charge is 2.29. The molecule has 1 aromatic rings. The van der Waals surface area contributed by atoms with Crippen LogP contribution in [-0.2, 0) is 0 Å². The number of hydrogen-bond donors (Lipinski definition) is 2. The Bertz CT molecular complexity index is 471. The highest BCUT2D eigenvalue weighted by Crippen LogP contribution is 2.40. The van der Waals surface area contributed by atoms with Gasteiger partial charge in [0.1, 0.15) is 0 Å². The fraction of sp³-hybridized carbons (Fsp3) is 0.684. The summed E-state index contributed by atoms with van der Waals surface area (Å²) in [4.78, 5) is 0. The lowest BCUT2D eigenvalue weighted by atomic mass is 9.73. The number of rotatable bonds is 4. The van der Waals surface area contributed by atoms with Gasteiger partial charge in [-0.3, -0.25) is 11.3 Å². The van der Waals surface area contributed by atoms with Crippen LogP contribution in [0.2, 0.25) is 0 Å². The fourth-order valence-corrected chi connectivity index (χ4v) is 3.94. The number of nitrogens with one attached hydrogen (secondary N) is 1. The Hall–Kier alpha value is -0.860. The van der Waals surface area contributed by atoms with Gasteiger partial charge in [-0.05, 0) is 86.5 Å². The predicted molar refractivity (Wildman–Crippen MR) is 91.0 cm³/mol. The minimum atomic E-state index is 0.303. The Labute approximate surface area is 130 Å². The van der Waals surface area contributed by atoms with Gasteiger partial charge >= 0.3 is 0 Å². The second-order valence-corrected chi connectivity index (χ2v) is 7.36. The second kappa shape index (κ2) is 6.93. The van der Waals surface area contributed by atoms with Crippen LogP contribution < -0.4 is 11.3 Å². The van der Waals surface area contributed by atoms with Crippen molar-refractivity contribution < 1.29 is 0 Å². The zero-order valence-electron chi connectivity index (χ0n) is 14.4. The van der Waals surface area contributed by atoms with Crippen molar-refractivity contribution in [3.63, 3.8) is 0 Å². The van der Waals surface area contributed by atoms with Gasteiger partial charge in [-0.1, -0.05) is 26.0 Å². The molecule has 1 saturated carbocycles. The number of benzene rings is 1. The van der Waals surface area contributed by atoms with E-state index in [-0.39, 0.29) is 0 Å². The van der Waals surface area contributed by atoms with Gasteiger partial charge in [0.15, 0.2) is 0 Å². The molecule has 0 spiro atoms. The first kappa shape index (κ1) is 16.5. The van der Waals surface area contributed by atoms with Crippen molar-refractivity contribution in [3.05, 3.63) is 34.4 Å². The molecule has 2 heteroatoms. The smallest absolute Gasteiger partial charge is 0.0490 e. The highest BCUT2D eigenvalue weighted by molar-refractivity contribution is 5.38. The minimum Gasteiger partial charge on any atom is -0.271 e. The molecule has 1 fully saturated rings. The molecule has 118 valence electrons. The largest absolute Gasteiger partial charge is 0.271 e. The zero-order chi connectivity index (χ0) is 15.6. The summed E-state index contributed by atoms with van der Waals surface area (Å²) in [6.45, 7) is 11.3. The molecule has 3 N–H and O–H groups in total. The van der Waals surface area contributed by atoms with E-state index in [1.807, 2.05) is 0 Å². The average molecular weight is 288 g/mol. The molecule has 1 aliphatic rings. The standard InChI is InChI=1S/C19H32N2/c1-12(2)16-6-8-17(9-7-16)19(21-20)18-11-14(4)13(3)10-15(18)5/h10-12,16-17,19,21H,6-9,20H2,1-5H3. The third-order valence-corrected chi connectivity index (χ3v) is 5.63. The lowest BCUT2D eigenvalue weighted by Crippen LogP contribution is -2.36. The third kappa shape index (κ3) is 3.67. The molecular formula is C19H32N2. The fourth-order valence-electron chi connectivity index (χ4n) is 3.94. The lowest BCUT2D eigenvalue weighted by molar-refractivity contribution is 0.189. The number of hydrogen-bond acceptors (Lipinski definition) is 2. The summed E-state index contributed by atoms with van der Waals surface area (Å²) in [6.07, 6.45) is 5.29. The molecule has 1 unspecified atom stereocenters. The first-order valence-electron chi connectivity index (χ1n) is 8.48. The van der Waals surface area contributed by atoms with E-state index in [9.17, 15) is 0 Å². The molecule has 2 rings (SSSR count). The van der Waals surface area contributed by atoms with Crippen molar-refractivity contribution >= 4 is 0 Å². The van der Waals surface area contributed by atoms with E-state index in [0.717, 1.165) is 11.8 Å². The second-order valence-electron chi connectivity index (χ2n) is 7.36. The molecule has 1 aliphatic carbocycles. The minimum absolute atomic E-state index is 0.303. The molecule has 0 radical (unpaired) electrons. The highest BCUT2D eigenvalue weighted by atomic mass is 15.2. The summed E-state index contributed by atoms with van der Waals surface area (Å²) in [5.41, 5.74) is 8.62. The molecule has 0 saturated heterocycles. The van der Waals surface area contributed by atoms with Gasteiger partial charge in [-0.25, -0.2) is 0 Å². The first-order valence-corrected chi connectivity index (χ1v) is 8.48. The maximum Gasteiger partial charge on any atom is 0.0490 e. The molecule has 0 aromatic heterocycles. The predicted octanol–water partition coefficient (Wildman–Crippen LogP) is 4.58. The molecule has 21 heavy (non-hydrogen) atoms.